The molecule has 1 unspecified atom stereocenters. The van der Waals surface area contributed by atoms with E-state index in [0.717, 1.165) is 24.7 Å². The number of carbonyl (C=O) groups is 1. The molecule has 0 radical (unpaired) electrons. The second-order valence-corrected chi connectivity index (χ2v) is 17.8. The first-order chi connectivity index (χ1) is 13.3. The van der Waals surface area contributed by atoms with Crippen LogP contribution >= 0.6 is 0 Å². The van der Waals surface area contributed by atoms with E-state index in [0.29, 0.717) is 6.54 Å². The van der Waals surface area contributed by atoms with Gasteiger partial charge in [0.15, 0.2) is 0 Å². The number of hydrogen-bond acceptors (Lipinski definition) is 5. The molecule has 0 aliphatic heterocycles. The van der Waals surface area contributed by atoms with Gasteiger partial charge in [-0.2, -0.15) is 0 Å². The molecule has 5 nitrogen and oxygen atoms in total. The van der Waals surface area contributed by atoms with Crippen molar-refractivity contribution in [1.29, 1.82) is 0 Å². The summed E-state index contributed by atoms with van der Waals surface area (Å²) in [6.07, 6.45) is 0.948. The second kappa shape index (κ2) is 10.7. The Balaban J connectivity index is 2.83. The molecule has 0 bridgehead atoms. The Kier molecular flexibility index (Phi) is 9.59. The third-order valence-corrected chi connectivity index (χ3v) is 13.4. The van der Waals surface area contributed by atoms with E-state index in [1.807, 2.05) is 25.1 Å². The van der Waals surface area contributed by atoms with Crippen molar-refractivity contribution in [1.82, 2.24) is 0 Å². The molecule has 0 aliphatic carbocycles. The van der Waals surface area contributed by atoms with Crippen LogP contribution in [0.1, 0.15) is 34.1 Å². The van der Waals surface area contributed by atoms with Crippen LogP contribution in [0.2, 0.25) is 30.7 Å². The van der Waals surface area contributed by atoms with Gasteiger partial charge in [-0.1, -0.05) is 45.9 Å². The third kappa shape index (κ3) is 7.88. The summed E-state index contributed by atoms with van der Waals surface area (Å²) in [5, 5.41) is 0.0108. The lowest BCUT2D eigenvalue weighted by Gasteiger charge is -2.37. The molecule has 0 spiro atoms. The lowest BCUT2D eigenvalue weighted by Crippen LogP contribution is -2.45. The SMILES string of the molecule is CO[Si](C)(CCCN(CC(C)C(=O)O[Si](C)(C)C(C)(C)C)c1ccccc1)OC. The van der Waals surface area contributed by atoms with Crippen molar-refractivity contribution < 1.29 is 18.1 Å². The maximum Gasteiger partial charge on any atom is 0.334 e. The van der Waals surface area contributed by atoms with E-state index >= 15 is 0 Å². The minimum absolute atomic E-state index is 0.0108. The van der Waals surface area contributed by atoms with Crippen LogP contribution in [0.4, 0.5) is 5.69 Å². The van der Waals surface area contributed by atoms with Gasteiger partial charge in [0.1, 0.15) is 0 Å². The second-order valence-electron chi connectivity index (χ2n) is 9.51. The van der Waals surface area contributed by atoms with Gasteiger partial charge in [0, 0.05) is 33.0 Å². The number of anilines is 1. The van der Waals surface area contributed by atoms with Crippen molar-refractivity contribution in [2.75, 3.05) is 32.2 Å². The minimum Gasteiger partial charge on any atom is -0.519 e. The molecule has 1 rings (SSSR count). The Hall–Kier alpha value is -1.16. The van der Waals surface area contributed by atoms with Gasteiger partial charge in [0.2, 0.25) is 0 Å². The Morgan fingerprint density at radius 3 is 2.10 bits per heavy atom. The van der Waals surface area contributed by atoms with Gasteiger partial charge in [-0.25, -0.2) is 0 Å². The zero-order valence-corrected chi connectivity index (χ0v) is 21.9. The maximum atomic E-state index is 12.9. The summed E-state index contributed by atoms with van der Waals surface area (Å²) in [6, 6.07) is 11.2. The van der Waals surface area contributed by atoms with Crippen LogP contribution in [0.3, 0.4) is 0 Å². The summed E-state index contributed by atoms with van der Waals surface area (Å²) in [6.45, 7) is 16.2. The number of rotatable bonds is 11. The number of carbonyl (C=O) groups excluding carboxylic acids is 1. The van der Waals surface area contributed by atoms with Crippen LogP contribution in [0, 0.1) is 5.92 Å². The molecule has 0 saturated heterocycles. The Labute approximate surface area is 180 Å². The smallest absolute Gasteiger partial charge is 0.334 e. The van der Waals surface area contributed by atoms with Crippen molar-refractivity contribution in [2.24, 2.45) is 5.92 Å². The molecule has 0 fully saturated rings. The maximum absolute atomic E-state index is 12.9. The quantitative estimate of drug-likeness (QED) is 0.430. The predicted molar refractivity (Wildman–Crippen MR) is 126 cm³/mol. The van der Waals surface area contributed by atoms with Crippen molar-refractivity contribution in [3.63, 3.8) is 0 Å². The fraction of sp³-hybridized carbons (Fsp3) is 0.682. The summed E-state index contributed by atoms with van der Waals surface area (Å²) in [7, 11) is -0.757. The molecular formula is C22H41NO4Si2. The van der Waals surface area contributed by atoms with E-state index in [-0.39, 0.29) is 16.9 Å². The minimum atomic E-state index is -2.12. The summed E-state index contributed by atoms with van der Waals surface area (Å²) < 4.78 is 17.3. The van der Waals surface area contributed by atoms with Crippen LogP contribution in [0.25, 0.3) is 0 Å². The van der Waals surface area contributed by atoms with Gasteiger partial charge in [-0.15, -0.1) is 0 Å². The zero-order chi connectivity index (χ0) is 22.3. The molecule has 1 atom stereocenters. The molecule has 29 heavy (non-hydrogen) atoms. The average Bonchev–Trinajstić information content (AvgIpc) is 2.66. The van der Waals surface area contributed by atoms with Crippen LogP contribution in [0.15, 0.2) is 30.3 Å². The van der Waals surface area contributed by atoms with Crippen molar-refractivity contribution >= 4 is 28.5 Å². The van der Waals surface area contributed by atoms with Crippen LogP contribution < -0.4 is 4.90 Å². The number of hydrogen-bond donors (Lipinski definition) is 0. The fourth-order valence-corrected chi connectivity index (χ4v) is 5.14. The Morgan fingerprint density at radius 2 is 1.62 bits per heavy atom. The van der Waals surface area contributed by atoms with E-state index in [1.165, 1.54) is 0 Å². The van der Waals surface area contributed by atoms with Gasteiger partial charge in [-0.05, 0) is 49.3 Å². The third-order valence-electron chi connectivity index (χ3n) is 6.10. The first-order valence-corrected chi connectivity index (χ1v) is 15.9. The Morgan fingerprint density at radius 1 is 1.07 bits per heavy atom. The van der Waals surface area contributed by atoms with E-state index in [4.69, 9.17) is 13.3 Å². The van der Waals surface area contributed by atoms with Crippen molar-refractivity contribution in [2.45, 2.75) is 64.8 Å². The van der Waals surface area contributed by atoms with Crippen LogP contribution in [-0.4, -0.2) is 50.2 Å². The fourth-order valence-electron chi connectivity index (χ4n) is 2.75. The molecule has 7 heteroatoms. The predicted octanol–water partition coefficient (Wildman–Crippen LogP) is 5.43. The molecule has 0 heterocycles. The van der Waals surface area contributed by atoms with E-state index in [1.54, 1.807) is 14.2 Å². The molecule has 0 amide bonds. The summed E-state index contributed by atoms with van der Waals surface area (Å²) in [5.41, 5.74) is 1.12. The average molecular weight is 440 g/mol. The molecule has 0 aliphatic rings. The highest BCUT2D eigenvalue weighted by Gasteiger charge is 2.41. The highest BCUT2D eigenvalue weighted by molar-refractivity contribution is 6.75. The normalized spacial score (nSPS) is 13.8. The number of para-hydroxylation sites is 1. The van der Waals surface area contributed by atoms with Crippen molar-refractivity contribution in [3.05, 3.63) is 30.3 Å². The van der Waals surface area contributed by atoms with E-state index in [2.05, 4.69) is 57.4 Å². The van der Waals surface area contributed by atoms with Crippen LogP contribution in [0.5, 0.6) is 0 Å². The van der Waals surface area contributed by atoms with Crippen LogP contribution in [-0.2, 0) is 18.1 Å². The largest absolute Gasteiger partial charge is 0.519 e. The lowest BCUT2D eigenvalue weighted by molar-refractivity contribution is -0.139. The molecule has 1 aromatic rings. The van der Waals surface area contributed by atoms with Gasteiger partial charge in [-0.3, -0.25) is 4.79 Å². The number of nitrogens with zero attached hydrogens (tertiary/aromatic N) is 1. The molecule has 166 valence electrons. The summed E-state index contributed by atoms with van der Waals surface area (Å²) >= 11 is 0. The highest BCUT2D eigenvalue weighted by Crippen LogP contribution is 2.37. The molecule has 0 N–H and O–H groups in total. The summed E-state index contributed by atoms with van der Waals surface area (Å²) in [5.74, 6) is -0.289. The van der Waals surface area contributed by atoms with Gasteiger partial charge in [0.05, 0.1) is 5.92 Å². The molecule has 0 saturated carbocycles. The first-order valence-electron chi connectivity index (χ1n) is 10.5. The van der Waals surface area contributed by atoms with E-state index < -0.39 is 16.9 Å². The van der Waals surface area contributed by atoms with Gasteiger partial charge >= 0.3 is 8.56 Å². The molecule has 0 aromatic heterocycles. The summed E-state index contributed by atoms with van der Waals surface area (Å²) in [4.78, 5) is 15.1. The Bertz CT molecular complexity index is 627. The van der Waals surface area contributed by atoms with E-state index in [9.17, 15) is 4.79 Å². The number of benzene rings is 1. The zero-order valence-electron chi connectivity index (χ0n) is 19.9. The van der Waals surface area contributed by atoms with Gasteiger partial charge < -0.3 is 18.2 Å². The standard InChI is InChI=1S/C22H41NO4Si2/c1-19(21(24)27-28(7,8)22(2,3)4)18-23(20-14-11-10-12-15-20)16-13-17-29(9,25-5)26-6/h10-12,14-15,19H,13,16-18H2,1-9H3. The topological polar surface area (TPSA) is 48.0 Å². The van der Waals surface area contributed by atoms with Gasteiger partial charge in [0.25, 0.3) is 14.3 Å². The lowest BCUT2D eigenvalue weighted by atomic mass is 10.1. The first kappa shape index (κ1) is 25.9. The highest BCUT2D eigenvalue weighted by atomic mass is 28.4. The van der Waals surface area contributed by atoms with Crippen molar-refractivity contribution in [3.8, 4) is 0 Å². The monoisotopic (exact) mass is 439 g/mol. The molecular weight excluding hydrogens is 398 g/mol. The molecule has 1 aromatic carbocycles.